The molecule has 0 radical (unpaired) electrons. The Balaban J connectivity index is 2.45. The number of hydrogen-bond donors (Lipinski definition) is 1. The minimum absolute atomic E-state index is 0.138. The SMILES string of the molecule is CC(N(C)C(=O)CC1CCC(N)CC1)C(C)(C)C. The van der Waals surface area contributed by atoms with Crippen LogP contribution in [-0.4, -0.2) is 29.9 Å². The summed E-state index contributed by atoms with van der Waals surface area (Å²) in [6, 6.07) is 0.637. The van der Waals surface area contributed by atoms with Crippen LogP contribution in [0.15, 0.2) is 0 Å². The molecule has 1 saturated carbocycles. The van der Waals surface area contributed by atoms with Crippen molar-refractivity contribution in [1.29, 1.82) is 0 Å². The molecule has 0 heterocycles. The molecule has 18 heavy (non-hydrogen) atoms. The standard InChI is InChI=1S/C15H30N2O/c1-11(15(2,3)4)17(5)14(18)10-12-6-8-13(16)9-7-12/h11-13H,6-10,16H2,1-5H3. The molecule has 1 fully saturated rings. The van der Waals surface area contributed by atoms with Crippen LogP contribution >= 0.6 is 0 Å². The summed E-state index contributed by atoms with van der Waals surface area (Å²) in [5, 5.41) is 0. The van der Waals surface area contributed by atoms with Crippen LogP contribution in [0.25, 0.3) is 0 Å². The molecule has 106 valence electrons. The van der Waals surface area contributed by atoms with E-state index in [-0.39, 0.29) is 17.4 Å². The quantitative estimate of drug-likeness (QED) is 0.842. The van der Waals surface area contributed by atoms with Gasteiger partial charge in [-0.15, -0.1) is 0 Å². The highest BCUT2D eigenvalue weighted by Gasteiger charge is 2.29. The number of amides is 1. The van der Waals surface area contributed by atoms with Gasteiger partial charge in [0.25, 0.3) is 0 Å². The summed E-state index contributed by atoms with van der Waals surface area (Å²) in [5.41, 5.74) is 6.04. The summed E-state index contributed by atoms with van der Waals surface area (Å²) in [6.07, 6.45) is 5.09. The average molecular weight is 254 g/mol. The van der Waals surface area contributed by atoms with Crippen molar-refractivity contribution in [2.75, 3.05) is 7.05 Å². The van der Waals surface area contributed by atoms with Gasteiger partial charge < -0.3 is 10.6 Å². The number of carbonyl (C=O) groups excluding carboxylic acids is 1. The molecule has 0 aromatic heterocycles. The van der Waals surface area contributed by atoms with Crippen LogP contribution in [0.1, 0.15) is 59.8 Å². The van der Waals surface area contributed by atoms with Crippen molar-refractivity contribution < 1.29 is 4.79 Å². The normalized spacial score (nSPS) is 26.8. The monoisotopic (exact) mass is 254 g/mol. The molecule has 1 atom stereocenters. The Labute approximate surface area is 112 Å². The molecule has 0 spiro atoms. The lowest BCUT2D eigenvalue weighted by molar-refractivity contribution is -0.134. The van der Waals surface area contributed by atoms with E-state index < -0.39 is 0 Å². The van der Waals surface area contributed by atoms with Crippen molar-refractivity contribution in [2.45, 2.75) is 71.9 Å². The fourth-order valence-corrected chi connectivity index (χ4v) is 2.58. The number of carbonyl (C=O) groups is 1. The smallest absolute Gasteiger partial charge is 0.222 e. The van der Waals surface area contributed by atoms with Gasteiger partial charge >= 0.3 is 0 Å². The highest BCUT2D eigenvalue weighted by Crippen LogP contribution is 2.28. The number of nitrogens with two attached hydrogens (primary N) is 1. The Morgan fingerprint density at radius 3 is 2.22 bits per heavy atom. The van der Waals surface area contributed by atoms with Gasteiger partial charge in [-0.25, -0.2) is 0 Å². The summed E-state index contributed by atoms with van der Waals surface area (Å²) >= 11 is 0. The van der Waals surface area contributed by atoms with Crippen molar-refractivity contribution in [3.05, 3.63) is 0 Å². The summed E-state index contributed by atoms with van der Waals surface area (Å²) < 4.78 is 0. The molecule has 0 bridgehead atoms. The minimum Gasteiger partial charge on any atom is -0.343 e. The first-order valence-corrected chi connectivity index (χ1v) is 7.23. The minimum atomic E-state index is 0.138. The van der Waals surface area contributed by atoms with E-state index in [9.17, 15) is 4.79 Å². The van der Waals surface area contributed by atoms with Crippen molar-refractivity contribution in [3.63, 3.8) is 0 Å². The number of rotatable bonds is 3. The van der Waals surface area contributed by atoms with E-state index in [1.165, 1.54) is 0 Å². The highest BCUT2D eigenvalue weighted by atomic mass is 16.2. The molecule has 1 aliphatic carbocycles. The Kier molecular flexibility index (Phi) is 5.20. The Morgan fingerprint density at radius 2 is 1.78 bits per heavy atom. The topological polar surface area (TPSA) is 46.3 Å². The van der Waals surface area contributed by atoms with E-state index in [1.54, 1.807) is 0 Å². The van der Waals surface area contributed by atoms with Crippen LogP contribution < -0.4 is 5.73 Å². The molecule has 0 aromatic carbocycles. The van der Waals surface area contributed by atoms with Gasteiger partial charge in [-0.2, -0.15) is 0 Å². The second kappa shape index (κ2) is 6.05. The predicted octanol–water partition coefficient (Wildman–Crippen LogP) is 2.79. The van der Waals surface area contributed by atoms with E-state index in [2.05, 4.69) is 27.7 Å². The fourth-order valence-electron chi connectivity index (χ4n) is 2.58. The van der Waals surface area contributed by atoms with Gasteiger partial charge in [0.1, 0.15) is 0 Å². The number of hydrogen-bond acceptors (Lipinski definition) is 2. The second-order valence-corrected chi connectivity index (χ2v) is 7.03. The van der Waals surface area contributed by atoms with Gasteiger partial charge in [0.2, 0.25) is 5.91 Å². The first-order valence-electron chi connectivity index (χ1n) is 7.23. The molecule has 0 saturated heterocycles. The fraction of sp³-hybridized carbons (Fsp3) is 0.933. The largest absolute Gasteiger partial charge is 0.343 e. The highest BCUT2D eigenvalue weighted by molar-refractivity contribution is 5.76. The molecular weight excluding hydrogens is 224 g/mol. The van der Waals surface area contributed by atoms with Gasteiger partial charge in [0.15, 0.2) is 0 Å². The first kappa shape index (κ1) is 15.5. The van der Waals surface area contributed by atoms with Crippen molar-refractivity contribution >= 4 is 5.91 Å². The molecule has 0 aromatic rings. The summed E-state index contributed by atoms with van der Waals surface area (Å²) in [6.45, 7) is 8.68. The van der Waals surface area contributed by atoms with Crippen LogP contribution in [-0.2, 0) is 4.79 Å². The van der Waals surface area contributed by atoms with Crippen molar-refractivity contribution in [1.82, 2.24) is 4.90 Å². The molecule has 1 rings (SSSR count). The zero-order chi connectivity index (χ0) is 13.9. The maximum absolute atomic E-state index is 12.3. The van der Waals surface area contributed by atoms with E-state index in [4.69, 9.17) is 5.73 Å². The lowest BCUT2D eigenvalue weighted by Crippen LogP contribution is -2.43. The summed E-state index contributed by atoms with van der Waals surface area (Å²) in [5.74, 6) is 0.838. The van der Waals surface area contributed by atoms with Crippen LogP contribution in [0.5, 0.6) is 0 Å². The van der Waals surface area contributed by atoms with Crippen LogP contribution in [0.2, 0.25) is 0 Å². The molecule has 3 heteroatoms. The van der Waals surface area contributed by atoms with E-state index >= 15 is 0 Å². The van der Waals surface area contributed by atoms with E-state index in [0.717, 1.165) is 25.7 Å². The maximum atomic E-state index is 12.3. The summed E-state index contributed by atoms with van der Waals surface area (Å²) in [7, 11) is 1.94. The maximum Gasteiger partial charge on any atom is 0.222 e. The van der Waals surface area contributed by atoms with Gasteiger partial charge in [0.05, 0.1) is 0 Å². The predicted molar refractivity (Wildman–Crippen MR) is 76.2 cm³/mol. The molecule has 2 N–H and O–H groups in total. The van der Waals surface area contributed by atoms with Crippen LogP contribution in [0, 0.1) is 11.3 Å². The van der Waals surface area contributed by atoms with Gasteiger partial charge in [-0.1, -0.05) is 20.8 Å². The Hall–Kier alpha value is -0.570. The molecular formula is C15H30N2O. The van der Waals surface area contributed by atoms with Crippen molar-refractivity contribution in [3.8, 4) is 0 Å². The van der Waals surface area contributed by atoms with Gasteiger partial charge in [-0.05, 0) is 43.9 Å². The zero-order valence-electron chi connectivity index (χ0n) is 12.7. The van der Waals surface area contributed by atoms with Gasteiger partial charge in [0, 0.05) is 25.6 Å². The van der Waals surface area contributed by atoms with E-state index in [0.29, 0.717) is 18.4 Å². The third-order valence-electron chi connectivity index (χ3n) is 4.58. The van der Waals surface area contributed by atoms with Gasteiger partial charge in [-0.3, -0.25) is 4.79 Å². The third-order valence-corrected chi connectivity index (χ3v) is 4.58. The van der Waals surface area contributed by atoms with Crippen LogP contribution in [0.4, 0.5) is 0 Å². The first-order chi connectivity index (χ1) is 8.21. The zero-order valence-corrected chi connectivity index (χ0v) is 12.7. The lowest BCUT2D eigenvalue weighted by atomic mass is 9.83. The number of nitrogens with zero attached hydrogens (tertiary/aromatic N) is 1. The summed E-state index contributed by atoms with van der Waals surface area (Å²) in [4.78, 5) is 14.2. The van der Waals surface area contributed by atoms with Crippen molar-refractivity contribution in [2.24, 2.45) is 17.1 Å². The van der Waals surface area contributed by atoms with E-state index in [1.807, 2.05) is 11.9 Å². The molecule has 3 nitrogen and oxygen atoms in total. The molecule has 1 amide bonds. The van der Waals surface area contributed by atoms with Crippen LogP contribution in [0.3, 0.4) is 0 Å². The molecule has 1 aliphatic rings. The third kappa shape index (κ3) is 4.27. The molecule has 0 aliphatic heterocycles. The molecule has 1 unspecified atom stereocenters. The average Bonchev–Trinajstić information content (AvgIpc) is 2.29. The Morgan fingerprint density at radius 1 is 1.28 bits per heavy atom. The lowest BCUT2D eigenvalue weighted by Gasteiger charge is -2.36. The second-order valence-electron chi connectivity index (χ2n) is 7.03. The Bertz CT molecular complexity index is 275.